The van der Waals surface area contributed by atoms with E-state index in [1.54, 1.807) is 6.07 Å². The summed E-state index contributed by atoms with van der Waals surface area (Å²) in [4.78, 5) is 69.0. The molecule has 0 N–H and O–H groups in total. The van der Waals surface area contributed by atoms with E-state index in [1.807, 2.05) is 27.7 Å². The van der Waals surface area contributed by atoms with Crippen LogP contribution in [0.4, 0.5) is 0 Å². The largest absolute Gasteiger partial charge is 0.459 e. The second-order valence-corrected chi connectivity index (χ2v) is 14.3. The van der Waals surface area contributed by atoms with Crippen LogP contribution >= 0.6 is 23.4 Å². The molecule has 2 fully saturated rings. The summed E-state index contributed by atoms with van der Waals surface area (Å²) < 4.78 is 24.2. The quantitative estimate of drug-likeness (QED) is 0.0653. The maximum atomic E-state index is 13.4. The Balaban J connectivity index is 1.32. The van der Waals surface area contributed by atoms with E-state index in [-0.39, 0.29) is 81.3 Å². The molecule has 1 aromatic carbocycles. The van der Waals surface area contributed by atoms with Crippen molar-refractivity contribution >= 4 is 58.0 Å². The average molecular weight is 701 g/mol. The number of aromatic nitrogens is 1. The highest BCUT2D eigenvalue weighted by atomic mass is 35.5. The van der Waals surface area contributed by atoms with Crippen molar-refractivity contribution in [1.29, 1.82) is 0 Å². The number of halogens is 1. The molecule has 0 saturated carbocycles. The molecular weight excluding hydrogens is 660 g/mol. The van der Waals surface area contributed by atoms with Crippen LogP contribution in [0.5, 0.6) is 5.75 Å². The van der Waals surface area contributed by atoms with E-state index in [1.165, 1.54) is 41.8 Å². The van der Waals surface area contributed by atoms with Gasteiger partial charge in [0.2, 0.25) is 18.1 Å². The molecule has 0 aromatic heterocycles. The van der Waals surface area contributed by atoms with E-state index in [2.05, 4.69) is 4.98 Å². The van der Waals surface area contributed by atoms with Crippen LogP contribution in [0.1, 0.15) is 83.5 Å². The lowest BCUT2D eigenvalue weighted by Crippen LogP contribution is -2.53. The predicted molar refractivity (Wildman–Crippen MR) is 181 cm³/mol. The van der Waals surface area contributed by atoms with Gasteiger partial charge in [0.25, 0.3) is 0 Å². The van der Waals surface area contributed by atoms with Crippen LogP contribution in [0.2, 0.25) is 5.02 Å². The molecule has 4 aliphatic rings. The van der Waals surface area contributed by atoms with Crippen molar-refractivity contribution < 1.29 is 37.8 Å². The standard InChI is InChI=1S/C35H41ClN2O9S/c1-6-26-18(3)19(4)32(44-20(5)39)35(46-26)47-27-16-28-23(15-21(27)36)37-22-12-13-25(41)31(33(22)45-28)24(40)11-9-8-10-14-38-30(42)17-29(34(38)43)48-7-2/h12-13,15-16,18-19,26,29,32,35H,6-11,14,17H2,1-5H3. The topological polar surface area (TPSA) is 142 Å². The van der Waals surface area contributed by atoms with Gasteiger partial charge in [-0.3, -0.25) is 28.9 Å². The zero-order valence-corrected chi connectivity index (χ0v) is 29.4. The van der Waals surface area contributed by atoms with Gasteiger partial charge in [-0.05, 0) is 49.1 Å². The molecule has 3 aliphatic heterocycles. The maximum Gasteiger partial charge on any atom is 0.303 e. The lowest BCUT2D eigenvalue weighted by Gasteiger charge is -2.43. The first kappa shape index (κ1) is 35.8. The Morgan fingerprint density at radius 1 is 1.08 bits per heavy atom. The number of amides is 2. The number of hydrogen-bond acceptors (Lipinski definition) is 11. The molecule has 0 spiro atoms. The van der Waals surface area contributed by atoms with Crippen LogP contribution < -0.4 is 10.2 Å². The molecule has 2 amide bonds. The number of ether oxygens (including phenoxy) is 3. The fourth-order valence-electron chi connectivity index (χ4n) is 6.41. The molecule has 258 valence electrons. The van der Waals surface area contributed by atoms with E-state index >= 15 is 0 Å². The van der Waals surface area contributed by atoms with Crippen molar-refractivity contribution in [2.24, 2.45) is 11.8 Å². The number of fused-ring (bicyclic) bond motifs is 2. The summed E-state index contributed by atoms with van der Waals surface area (Å²) in [7, 11) is 0. The number of rotatable bonds is 13. The average Bonchev–Trinajstić information content (AvgIpc) is 3.31. The third-order valence-electron chi connectivity index (χ3n) is 9.16. The van der Waals surface area contributed by atoms with Gasteiger partial charge in [-0.25, -0.2) is 4.98 Å². The van der Waals surface area contributed by atoms with Gasteiger partial charge >= 0.3 is 5.97 Å². The van der Waals surface area contributed by atoms with Crippen LogP contribution in [-0.4, -0.2) is 69.5 Å². The first-order valence-corrected chi connectivity index (χ1v) is 17.9. The number of imide groups is 1. The molecule has 0 bridgehead atoms. The summed E-state index contributed by atoms with van der Waals surface area (Å²) in [5.41, 5.74) is 0.359. The summed E-state index contributed by atoms with van der Waals surface area (Å²) >= 11 is 8.09. The smallest absolute Gasteiger partial charge is 0.303 e. The Morgan fingerprint density at radius 3 is 2.56 bits per heavy atom. The minimum atomic E-state index is -0.933. The fraction of sp³-hybridized carbons (Fsp3) is 0.543. The van der Waals surface area contributed by atoms with Crippen molar-refractivity contribution in [2.75, 3.05) is 12.3 Å². The van der Waals surface area contributed by atoms with Gasteiger partial charge in [0, 0.05) is 38.3 Å². The van der Waals surface area contributed by atoms with Crippen molar-refractivity contribution in [3.05, 3.63) is 45.1 Å². The van der Waals surface area contributed by atoms with E-state index in [0.29, 0.717) is 37.0 Å². The zero-order valence-electron chi connectivity index (χ0n) is 27.8. The molecule has 2 saturated heterocycles. The highest BCUT2D eigenvalue weighted by Gasteiger charge is 2.44. The van der Waals surface area contributed by atoms with Crippen LogP contribution in [0.25, 0.3) is 22.6 Å². The monoisotopic (exact) mass is 700 g/mol. The molecule has 1 aromatic rings. The van der Waals surface area contributed by atoms with Gasteiger partial charge in [0.15, 0.2) is 28.7 Å². The van der Waals surface area contributed by atoms with Gasteiger partial charge in [0.1, 0.15) is 22.5 Å². The number of benzene rings is 2. The van der Waals surface area contributed by atoms with Gasteiger partial charge in [-0.1, -0.05) is 45.7 Å². The Morgan fingerprint density at radius 2 is 1.85 bits per heavy atom. The van der Waals surface area contributed by atoms with Gasteiger partial charge < -0.3 is 18.6 Å². The first-order chi connectivity index (χ1) is 22.9. The molecular formula is C35H41ClN2O9S. The summed E-state index contributed by atoms with van der Waals surface area (Å²) in [6.07, 6.45) is 0.934. The summed E-state index contributed by atoms with van der Waals surface area (Å²) in [6, 6.07) is 5.88. The number of esters is 1. The van der Waals surface area contributed by atoms with Crippen molar-refractivity contribution in [3.63, 3.8) is 0 Å². The second kappa shape index (κ2) is 15.4. The highest BCUT2D eigenvalue weighted by Crippen LogP contribution is 2.39. The van der Waals surface area contributed by atoms with Crippen molar-refractivity contribution in [1.82, 2.24) is 9.88 Å². The summed E-state index contributed by atoms with van der Waals surface area (Å²) in [6.45, 7) is 9.66. The Labute approximate surface area is 288 Å². The third-order valence-corrected chi connectivity index (χ3v) is 10.6. The molecule has 48 heavy (non-hydrogen) atoms. The highest BCUT2D eigenvalue weighted by molar-refractivity contribution is 8.00. The fourth-order valence-corrected chi connectivity index (χ4v) is 7.55. The Bertz CT molecular complexity index is 1730. The molecule has 6 unspecified atom stereocenters. The number of likely N-dealkylation sites (tertiary alicyclic amines) is 1. The Kier molecular flexibility index (Phi) is 11.5. The number of Topliss-reactive ketones (excluding diaryl/α,β-unsaturated/α-hetero) is 1. The van der Waals surface area contributed by atoms with E-state index in [9.17, 15) is 24.0 Å². The van der Waals surface area contributed by atoms with Crippen molar-refractivity contribution in [3.8, 4) is 17.2 Å². The SMILES string of the molecule is CCSC1CC(=O)N(CCCCCC(=O)c2c3oc4cc(OC5OC(CC)C(C)C(C)C5OC(C)=O)c(Cl)cc4nc-3ccc2=O)C1=O. The van der Waals surface area contributed by atoms with Crippen LogP contribution in [0.3, 0.4) is 0 Å². The lowest BCUT2D eigenvalue weighted by molar-refractivity contribution is -0.246. The van der Waals surface area contributed by atoms with E-state index < -0.39 is 23.8 Å². The number of ketones is 1. The van der Waals surface area contributed by atoms with E-state index in [4.69, 9.17) is 30.2 Å². The van der Waals surface area contributed by atoms with E-state index in [0.717, 1.165) is 12.2 Å². The van der Waals surface area contributed by atoms with Gasteiger partial charge in [-0.15, -0.1) is 11.8 Å². The molecule has 3 heterocycles. The second-order valence-electron chi connectivity index (χ2n) is 12.4. The molecule has 5 rings (SSSR count). The molecule has 1 aliphatic carbocycles. The molecule has 6 atom stereocenters. The number of hydrogen-bond donors (Lipinski definition) is 0. The van der Waals surface area contributed by atoms with Gasteiger partial charge in [-0.2, -0.15) is 0 Å². The normalized spacial score (nSPS) is 24.4. The molecule has 0 radical (unpaired) electrons. The first-order valence-electron chi connectivity index (χ1n) is 16.5. The molecule has 11 nitrogen and oxygen atoms in total. The number of carbonyl (C=O) groups is 4. The number of nitrogens with zero attached hydrogens (tertiary/aromatic N) is 2. The van der Waals surface area contributed by atoms with Crippen LogP contribution in [0.15, 0.2) is 33.5 Å². The number of unbranched alkanes of at least 4 members (excludes halogenated alkanes) is 2. The summed E-state index contributed by atoms with van der Waals surface area (Å²) in [5, 5.41) is -0.0834. The third kappa shape index (κ3) is 7.55. The zero-order chi connectivity index (χ0) is 34.7. The minimum Gasteiger partial charge on any atom is -0.459 e. The van der Waals surface area contributed by atoms with Crippen LogP contribution in [0, 0.1) is 11.8 Å². The predicted octanol–water partition coefficient (Wildman–Crippen LogP) is 6.29. The van der Waals surface area contributed by atoms with Crippen molar-refractivity contribution in [2.45, 2.75) is 96.9 Å². The maximum absolute atomic E-state index is 13.4. The minimum absolute atomic E-state index is 0.0567. The number of thioether (sulfide) groups is 1. The van der Waals surface area contributed by atoms with Gasteiger partial charge in [0.05, 0.1) is 16.4 Å². The lowest BCUT2D eigenvalue weighted by atomic mass is 9.82. The molecule has 13 heteroatoms. The Hall–Kier alpha value is -3.48. The number of carbonyl (C=O) groups excluding carboxylic acids is 4. The summed E-state index contributed by atoms with van der Waals surface area (Å²) in [5.74, 6) is -0.0590. The van der Waals surface area contributed by atoms with Crippen LogP contribution in [-0.2, 0) is 23.9 Å².